The average Bonchev–Trinajstić information content (AvgIpc) is 2.79. The number of nitrogens with one attached hydrogen (secondary N) is 1. The van der Waals surface area contributed by atoms with Crippen LogP contribution in [-0.2, 0) is 4.79 Å². The van der Waals surface area contributed by atoms with Crippen LogP contribution in [0.2, 0.25) is 0 Å². The van der Waals surface area contributed by atoms with Crippen LogP contribution in [0.5, 0.6) is 0 Å². The first kappa shape index (κ1) is 12.5. The SMILES string of the molecule is CN1CCC(Nc2ccc(C#N)c3ccccc23)C1=O. The molecule has 4 nitrogen and oxygen atoms in total. The zero-order valence-electron chi connectivity index (χ0n) is 11.3. The van der Waals surface area contributed by atoms with Gasteiger partial charge in [-0.2, -0.15) is 5.26 Å². The summed E-state index contributed by atoms with van der Waals surface area (Å²) in [6, 6.07) is 13.5. The number of carbonyl (C=O) groups excluding carboxylic acids is 1. The Morgan fingerprint density at radius 3 is 2.65 bits per heavy atom. The summed E-state index contributed by atoms with van der Waals surface area (Å²) >= 11 is 0. The van der Waals surface area contributed by atoms with E-state index in [0.717, 1.165) is 29.4 Å². The Labute approximate surface area is 117 Å². The van der Waals surface area contributed by atoms with Crippen molar-refractivity contribution < 1.29 is 4.79 Å². The second-order valence-electron chi connectivity index (χ2n) is 5.06. The average molecular weight is 265 g/mol. The third-order valence-corrected chi connectivity index (χ3v) is 3.80. The fourth-order valence-electron chi connectivity index (χ4n) is 2.67. The van der Waals surface area contributed by atoms with Crippen LogP contribution in [0.3, 0.4) is 0 Å². The molecule has 0 saturated carbocycles. The van der Waals surface area contributed by atoms with E-state index in [9.17, 15) is 4.79 Å². The van der Waals surface area contributed by atoms with Gasteiger partial charge in [0.25, 0.3) is 0 Å². The third-order valence-electron chi connectivity index (χ3n) is 3.80. The predicted molar refractivity (Wildman–Crippen MR) is 78.3 cm³/mol. The lowest BCUT2D eigenvalue weighted by Gasteiger charge is -2.15. The van der Waals surface area contributed by atoms with Gasteiger partial charge in [0.1, 0.15) is 6.04 Å². The van der Waals surface area contributed by atoms with Crippen LogP contribution in [0.25, 0.3) is 10.8 Å². The normalized spacial score (nSPS) is 18.3. The molecule has 100 valence electrons. The zero-order chi connectivity index (χ0) is 14.1. The second kappa shape index (κ2) is 4.86. The molecule has 1 saturated heterocycles. The van der Waals surface area contributed by atoms with Gasteiger partial charge in [0.05, 0.1) is 11.6 Å². The van der Waals surface area contributed by atoms with Gasteiger partial charge in [0.2, 0.25) is 5.91 Å². The summed E-state index contributed by atoms with van der Waals surface area (Å²) in [5, 5.41) is 14.4. The number of amides is 1. The highest BCUT2D eigenvalue weighted by Gasteiger charge is 2.29. The summed E-state index contributed by atoms with van der Waals surface area (Å²) in [6.07, 6.45) is 0.809. The number of rotatable bonds is 2. The van der Waals surface area contributed by atoms with Gasteiger partial charge >= 0.3 is 0 Å². The molecule has 3 rings (SSSR count). The molecule has 1 heterocycles. The number of nitrogens with zero attached hydrogens (tertiary/aromatic N) is 2. The summed E-state index contributed by atoms with van der Waals surface area (Å²) in [4.78, 5) is 13.7. The molecule has 1 unspecified atom stereocenters. The Hall–Kier alpha value is -2.54. The lowest BCUT2D eigenvalue weighted by atomic mass is 10.0. The van der Waals surface area contributed by atoms with Crippen LogP contribution >= 0.6 is 0 Å². The maximum Gasteiger partial charge on any atom is 0.244 e. The van der Waals surface area contributed by atoms with E-state index < -0.39 is 0 Å². The van der Waals surface area contributed by atoms with E-state index in [2.05, 4.69) is 11.4 Å². The largest absolute Gasteiger partial charge is 0.373 e. The standard InChI is InChI=1S/C16H15N3O/c1-19-9-8-15(16(19)20)18-14-7-6-11(10-17)12-4-2-3-5-13(12)14/h2-7,15,18H,8-9H2,1H3. The first-order valence-corrected chi connectivity index (χ1v) is 6.64. The Bertz CT molecular complexity index is 717. The van der Waals surface area contributed by atoms with Crippen molar-refractivity contribution in [2.75, 3.05) is 18.9 Å². The van der Waals surface area contributed by atoms with Crippen molar-refractivity contribution >= 4 is 22.4 Å². The van der Waals surface area contributed by atoms with Crippen molar-refractivity contribution in [1.82, 2.24) is 4.90 Å². The van der Waals surface area contributed by atoms with Crippen LogP contribution in [-0.4, -0.2) is 30.4 Å². The van der Waals surface area contributed by atoms with Crippen LogP contribution in [0.1, 0.15) is 12.0 Å². The van der Waals surface area contributed by atoms with E-state index in [1.165, 1.54) is 0 Å². The number of likely N-dealkylation sites (tertiary alicyclic amines) is 1. The molecule has 1 atom stereocenters. The van der Waals surface area contributed by atoms with Gasteiger partial charge in [0.15, 0.2) is 0 Å². The number of likely N-dealkylation sites (N-methyl/N-ethyl adjacent to an activating group) is 1. The highest BCUT2D eigenvalue weighted by molar-refractivity contribution is 5.99. The zero-order valence-corrected chi connectivity index (χ0v) is 11.3. The highest BCUT2D eigenvalue weighted by atomic mass is 16.2. The highest BCUT2D eigenvalue weighted by Crippen LogP contribution is 2.28. The quantitative estimate of drug-likeness (QED) is 0.906. The van der Waals surface area contributed by atoms with Gasteiger partial charge in [-0.3, -0.25) is 4.79 Å². The molecule has 0 aliphatic carbocycles. The summed E-state index contributed by atoms with van der Waals surface area (Å²) in [5.74, 6) is 0.124. The van der Waals surface area contributed by atoms with E-state index >= 15 is 0 Å². The van der Waals surface area contributed by atoms with Gasteiger partial charge < -0.3 is 10.2 Å². The minimum absolute atomic E-state index is 0.124. The van der Waals surface area contributed by atoms with Crippen molar-refractivity contribution in [3.8, 4) is 6.07 Å². The maximum absolute atomic E-state index is 12.0. The van der Waals surface area contributed by atoms with Gasteiger partial charge in [0, 0.05) is 30.1 Å². The molecule has 0 spiro atoms. The summed E-state index contributed by atoms with van der Waals surface area (Å²) in [6.45, 7) is 0.782. The fourth-order valence-corrected chi connectivity index (χ4v) is 2.67. The van der Waals surface area contributed by atoms with Crippen molar-refractivity contribution in [1.29, 1.82) is 5.26 Å². The predicted octanol–water partition coefficient (Wildman–Crippen LogP) is 2.35. The number of hydrogen-bond acceptors (Lipinski definition) is 3. The molecular formula is C16H15N3O. The molecular weight excluding hydrogens is 250 g/mol. The van der Waals surface area contributed by atoms with E-state index in [1.54, 1.807) is 11.0 Å². The third kappa shape index (κ3) is 1.97. The minimum atomic E-state index is -0.170. The number of carbonyl (C=O) groups is 1. The van der Waals surface area contributed by atoms with E-state index in [1.807, 2.05) is 37.4 Å². The maximum atomic E-state index is 12.0. The summed E-state index contributed by atoms with van der Waals surface area (Å²) < 4.78 is 0. The van der Waals surface area contributed by atoms with Crippen molar-refractivity contribution in [2.45, 2.75) is 12.5 Å². The number of hydrogen-bond donors (Lipinski definition) is 1. The van der Waals surface area contributed by atoms with Gasteiger partial charge in [-0.25, -0.2) is 0 Å². The topological polar surface area (TPSA) is 56.1 Å². The molecule has 1 aliphatic rings. The van der Waals surface area contributed by atoms with E-state index in [-0.39, 0.29) is 11.9 Å². The Morgan fingerprint density at radius 1 is 1.25 bits per heavy atom. The van der Waals surface area contributed by atoms with Crippen LogP contribution in [0, 0.1) is 11.3 Å². The molecule has 0 bridgehead atoms. The van der Waals surface area contributed by atoms with Crippen molar-refractivity contribution in [3.63, 3.8) is 0 Å². The monoisotopic (exact) mass is 265 g/mol. The molecule has 20 heavy (non-hydrogen) atoms. The summed E-state index contributed by atoms with van der Waals surface area (Å²) in [5.41, 5.74) is 1.56. The molecule has 2 aromatic rings. The number of anilines is 1. The number of fused-ring (bicyclic) bond motifs is 1. The molecule has 4 heteroatoms. The van der Waals surface area contributed by atoms with Crippen molar-refractivity contribution in [3.05, 3.63) is 42.0 Å². The Morgan fingerprint density at radius 2 is 2.00 bits per heavy atom. The Balaban J connectivity index is 2.01. The first-order chi connectivity index (χ1) is 9.70. The molecule has 1 amide bonds. The lowest BCUT2D eigenvalue weighted by Crippen LogP contribution is -2.30. The van der Waals surface area contributed by atoms with Crippen LogP contribution in [0.15, 0.2) is 36.4 Å². The molecule has 1 aliphatic heterocycles. The van der Waals surface area contributed by atoms with E-state index in [4.69, 9.17) is 5.26 Å². The minimum Gasteiger partial charge on any atom is -0.373 e. The van der Waals surface area contributed by atoms with Crippen molar-refractivity contribution in [2.24, 2.45) is 0 Å². The van der Waals surface area contributed by atoms with Gasteiger partial charge in [-0.05, 0) is 18.6 Å². The van der Waals surface area contributed by atoms with E-state index in [0.29, 0.717) is 5.56 Å². The smallest absolute Gasteiger partial charge is 0.244 e. The van der Waals surface area contributed by atoms with Gasteiger partial charge in [-0.15, -0.1) is 0 Å². The number of nitriles is 1. The van der Waals surface area contributed by atoms with Gasteiger partial charge in [-0.1, -0.05) is 24.3 Å². The number of benzene rings is 2. The molecule has 1 N–H and O–H groups in total. The summed E-state index contributed by atoms with van der Waals surface area (Å²) in [7, 11) is 1.82. The second-order valence-corrected chi connectivity index (χ2v) is 5.06. The molecule has 2 aromatic carbocycles. The van der Waals surface area contributed by atoms with Crippen LogP contribution < -0.4 is 5.32 Å². The molecule has 0 radical (unpaired) electrons. The molecule has 1 fully saturated rings. The fraction of sp³-hybridized carbons (Fsp3) is 0.250. The molecule has 0 aromatic heterocycles. The Kier molecular flexibility index (Phi) is 3.03. The lowest BCUT2D eigenvalue weighted by molar-refractivity contribution is -0.127. The first-order valence-electron chi connectivity index (χ1n) is 6.64. The van der Waals surface area contributed by atoms with Crippen LogP contribution in [0.4, 0.5) is 5.69 Å².